The minimum atomic E-state index is -0.161. The van der Waals surface area contributed by atoms with Crippen molar-refractivity contribution >= 4 is 27.7 Å². The van der Waals surface area contributed by atoms with E-state index in [-0.39, 0.29) is 22.6 Å². The smallest absolute Gasteiger partial charge is 0.236 e. The van der Waals surface area contributed by atoms with Gasteiger partial charge in [0.25, 0.3) is 0 Å². The summed E-state index contributed by atoms with van der Waals surface area (Å²) in [7, 11) is 1.62. The third-order valence-corrected chi connectivity index (χ3v) is 2.85. The van der Waals surface area contributed by atoms with Gasteiger partial charge in [0, 0.05) is 20.1 Å². The van der Waals surface area contributed by atoms with E-state index < -0.39 is 0 Å². The molecule has 0 unspecified atom stereocenters. The summed E-state index contributed by atoms with van der Waals surface area (Å²) in [5, 5.41) is 2.61. The Bertz CT molecular complexity index is 243. The lowest BCUT2D eigenvalue weighted by atomic mass is 10.1. The number of alkyl halides is 1. The predicted molar refractivity (Wildman–Crippen MR) is 57.1 cm³/mol. The first-order chi connectivity index (χ1) is 6.56. The van der Waals surface area contributed by atoms with Crippen molar-refractivity contribution in [3.8, 4) is 0 Å². The zero-order chi connectivity index (χ0) is 10.7. The molecule has 0 radical (unpaired) electrons. The molecule has 0 spiro atoms. The minimum Gasteiger partial charge on any atom is -0.359 e. The molecule has 1 fully saturated rings. The van der Waals surface area contributed by atoms with Crippen LogP contribution in [0.3, 0.4) is 0 Å². The van der Waals surface area contributed by atoms with Crippen molar-refractivity contribution in [1.29, 1.82) is 0 Å². The van der Waals surface area contributed by atoms with Crippen molar-refractivity contribution in [2.24, 2.45) is 5.92 Å². The molecule has 0 aliphatic carbocycles. The van der Waals surface area contributed by atoms with Crippen LogP contribution in [-0.4, -0.2) is 41.7 Å². The van der Waals surface area contributed by atoms with Crippen molar-refractivity contribution in [2.45, 2.75) is 18.2 Å². The summed E-state index contributed by atoms with van der Waals surface area (Å²) < 4.78 is 0. The number of nitrogens with one attached hydrogen (secondary N) is 1. The van der Waals surface area contributed by atoms with Crippen molar-refractivity contribution in [3.63, 3.8) is 0 Å². The second-order valence-electron chi connectivity index (χ2n) is 3.50. The second-order valence-corrected chi connectivity index (χ2v) is 4.87. The molecule has 1 rings (SSSR count). The molecular formula is C9H15BrN2O2. The van der Waals surface area contributed by atoms with Crippen molar-refractivity contribution in [1.82, 2.24) is 10.2 Å². The van der Waals surface area contributed by atoms with Gasteiger partial charge >= 0.3 is 0 Å². The van der Waals surface area contributed by atoms with Crippen LogP contribution in [-0.2, 0) is 9.59 Å². The first-order valence-electron chi connectivity index (χ1n) is 4.70. The van der Waals surface area contributed by atoms with Gasteiger partial charge in [0.2, 0.25) is 11.8 Å². The second kappa shape index (κ2) is 4.77. The van der Waals surface area contributed by atoms with E-state index in [1.165, 1.54) is 0 Å². The van der Waals surface area contributed by atoms with Crippen molar-refractivity contribution < 1.29 is 9.59 Å². The fourth-order valence-corrected chi connectivity index (χ4v) is 1.92. The molecule has 80 valence electrons. The van der Waals surface area contributed by atoms with E-state index in [1.54, 1.807) is 18.9 Å². The Labute approximate surface area is 92.2 Å². The number of amides is 2. The molecule has 1 heterocycles. The van der Waals surface area contributed by atoms with Crippen LogP contribution in [0.2, 0.25) is 0 Å². The molecule has 5 heteroatoms. The standard InChI is InChI=1S/C9H15BrN2O2/c1-6(10)9(14)12-4-3-7(5-12)8(13)11-2/h6-7H,3-5H2,1-2H3,(H,11,13)/t6-,7-/m1/s1. The molecule has 1 aliphatic rings. The number of hydrogen-bond acceptors (Lipinski definition) is 2. The number of rotatable bonds is 2. The van der Waals surface area contributed by atoms with E-state index in [2.05, 4.69) is 21.2 Å². The highest BCUT2D eigenvalue weighted by Gasteiger charge is 2.31. The van der Waals surface area contributed by atoms with E-state index in [4.69, 9.17) is 0 Å². The Hall–Kier alpha value is -0.580. The third-order valence-electron chi connectivity index (χ3n) is 2.46. The molecular weight excluding hydrogens is 248 g/mol. The van der Waals surface area contributed by atoms with Crippen LogP contribution in [0.1, 0.15) is 13.3 Å². The van der Waals surface area contributed by atoms with Crippen molar-refractivity contribution in [3.05, 3.63) is 0 Å². The molecule has 2 amide bonds. The van der Waals surface area contributed by atoms with Crippen LogP contribution >= 0.6 is 15.9 Å². The van der Waals surface area contributed by atoms with Gasteiger partial charge in [-0.15, -0.1) is 0 Å². The molecule has 1 N–H and O–H groups in total. The molecule has 0 aromatic rings. The minimum absolute atomic E-state index is 0.0301. The topological polar surface area (TPSA) is 49.4 Å². The molecule has 0 saturated carbocycles. The largest absolute Gasteiger partial charge is 0.359 e. The van der Waals surface area contributed by atoms with E-state index in [9.17, 15) is 9.59 Å². The maximum Gasteiger partial charge on any atom is 0.236 e. The monoisotopic (exact) mass is 262 g/mol. The summed E-state index contributed by atoms with van der Waals surface area (Å²) in [6.45, 7) is 3.04. The number of halogens is 1. The first kappa shape index (κ1) is 11.5. The van der Waals surface area contributed by atoms with Gasteiger partial charge in [-0.05, 0) is 13.3 Å². The maximum absolute atomic E-state index is 11.5. The van der Waals surface area contributed by atoms with Gasteiger partial charge in [0.1, 0.15) is 0 Å². The zero-order valence-corrected chi connectivity index (χ0v) is 10.0. The average Bonchev–Trinajstić information content (AvgIpc) is 2.64. The van der Waals surface area contributed by atoms with Crippen LogP contribution in [0.5, 0.6) is 0 Å². The van der Waals surface area contributed by atoms with E-state index in [0.717, 1.165) is 6.42 Å². The molecule has 1 saturated heterocycles. The highest BCUT2D eigenvalue weighted by molar-refractivity contribution is 9.10. The van der Waals surface area contributed by atoms with Gasteiger partial charge in [-0.2, -0.15) is 0 Å². The highest BCUT2D eigenvalue weighted by atomic mass is 79.9. The first-order valence-corrected chi connectivity index (χ1v) is 5.62. The van der Waals surface area contributed by atoms with Crippen LogP contribution in [0.15, 0.2) is 0 Å². The quantitative estimate of drug-likeness (QED) is 0.731. The van der Waals surface area contributed by atoms with Gasteiger partial charge in [-0.25, -0.2) is 0 Å². The van der Waals surface area contributed by atoms with E-state index >= 15 is 0 Å². The van der Waals surface area contributed by atoms with Gasteiger partial charge < -0.3 is 10.2 Å². The Morgan fingerprint density at radius 3 is 2.71 bits per heavy atom. The summed E-state index contributed by atoms with van der Waals surface area (Å²) in [6, 6.07) is 0. The number of nitrogens with zero attached hydrogens (tertiary/aromatic N) is 1. The van der Waals surface area contributed by atoms with Gasteiger partial charge in [0.15, 0.2) is 0 Å². The molecule has 14 heavy (non-hydrogen) atoms. The lowest BCUT2D eigenvalue weighted by Crippen LogP contribution is -2.36. The van der Waals surface area contributed by atoms with Crippen LogP contribution < -0.4 is 5.32 Å². The fourth-order valence-electron chi connectivity index (χ4n) is 1.63. The van der Waals surface area contributed by atoms with Gasteiger partial charge in [0.05, 0.1) is 10.7 Å². The summed E-state index contributed by atoms with van der Waals surface area (Å²) in [4.78, 5) is 24.4. The van der Waals surface area contributed by atoms with E-state index in [0.29, 0.717) is 13.1 Å². The fraction of sp³-hybridized carbons (Fsp3) is 0.778. The Morgan fingerprint density at radius 1 is 1.57 bits per heavy atom. The van der Waals surface area contributed by atoms with Gasteiger partial charge in [-0.3, -0.25) is 9.59 Å². The lowest BCUT2D eigenvalue weighted by molar-refractivity contribution is -0.129. The van der Waals surface area contributed by atoms with Crippen molar-refractivity contribution in [2.75, 3.05) is 20.1 Å². The molecule has 0 bridgehead atoms. The Kier molecular flexibility index (Phi) is 3.92. The summed E-state index contributed by atoms with van der Waals surface area (Å²) >= 11 is 3.23. The number of likely N-dealkylation sites (tertiary alicyclic amines) is 1. The van der Waals surface area contributed by atoms with Crippen LogP contribution in [0, 0.1) is 5.92 Å². The third kappa shape index (κ3) is 2.47. The molecule has 0 aromatic carbocycles. The molecule has 1 aliphatic heterocycles. The number of carbonyl (C=O) groups excluding carboxylic acids is 2. The number of hydrogen-bond donors (Lipinski definition) is 1. The normalized spacial score (nSPS) is 23.4. The summed E-state index contributed by atoms with van der Waals surface area (Å²) in [6.07, 6.45) is 0.769. The van der Waals surface area contributed by atoms with Crippen LogP contribution in [0.25, 0.3) is 0 Å². The Morgan fingerprint density at radius 2 is 2.21 bits per heavy atom. The average molecular weight is 263 g/mol. The number of carbonyl (C=O) groups is 2. The van der Waals surface area contributed by atoms with Gasteiger partial charge in [-0.1, -0.05) is 15.9 Å². The SMILES string of the molecule is CNC(=O)[C@@H]1CCN(C(=O)[C@@H](C)Br)C1. The molecule has 0 aromatic heterocycles. The predicted octanol–water partition coefficient (Wildman–Crippen LogP) is 0.364. The van der Waals surface area contributed by atoms with Crippen LogP contribution in [0.4, 0.5) is 0 Å². The highest BCUT2D eigenvalue weighted by Crippen LogP contribution is 2.18. The molecule has 4 nitrogen and oxygen atoms in total. The lowest BCUT2D eigenvalue weighted by Gasteiger charge is -2.17. The molecule has 2 atom stereocenters. The summed E-state index contributed by atoms with van der Waals surface area (Å²) in [5.41, 5.74) is 0. The van der Waals surface area contributed by atoms with E-state index in [1.807, 2.05) is 0 Å². The Balaban J connectivity index is 2.49. The maximum atomic E-state index is 11.5. The zero-order valence-electron chi connectivity index (χ0n) is 8.42. The summed E-state index contributed by atoms with van der Waals surface area (Å²) in [5.74, 6) is 0.0640.